The van der Waals surface area contributed by atoms with E-state index in [0.29, 0.717) is 33.4 Å². The van der Waals surface area contributed by atoms with Gasteiger partial charge in [-0.05, 0) is 61.4 Å². The zero-order valence-corrected chi connectivity index (χ0v) is 22.7. The third-order valence-electron chi connectivity index (χ3n) is 6.81. The average molecular weight is 551 g/mol. The maximum absolute atomic E-state index is 5.97. The Kier molecular flexibility index (Phi) is 8.40. The molecule has 2 atom stereocenters. The molecule has 38 heavy (non-hydrogen) atoms. The van der Waals surface area contributed by atoms with Gasteiger partial charge in [-0.15, -0.1) is 20.4 Å². The van der Waals surface area contributed by atoms with E-state index in [1.54, 1.807) is 23.5 Å². The molecule has 1 saturated heterocycles. The molecule has 10 heteroatoms. The van der Waals surface area contributed by atoms with E-state index in [1.807, 2.05) is 36.4 Å². The molecule has 0 bridgehead atoms. The second-order valence-corrected chi connectivity index (χ2v) is 11.8. The van der Waals surface area contributed by atoms with Gasteiger partial charge in [0, 0.05) is 28.6 Å². The fraction of sp³-hybridized carbons (Fsp3) is 0.429. The fourth-order valence-electron chi connectivity index (χ4n) is 4.91. The third-order valence-corrected chi connectivity index (χ3v) is 8.79. The van der Waals surface area contributed by atoms with Gasteiger partial charge in [-0.25, -0.2) is 0 Å². The average Bonchev–Trinajstić information content (AvgIpc) is 3.65. The predicted molar refractivity (Wildman–Crippen MR) is 146 cm³/mol. The first-order chi connectivity index (χ1) is 18.8. The molecule has 1 aliphatic carbocycles. The topological polar surface area (TPSA) is 96.3 Å². The van der Waals surface area contributed by atoms with Gasteiger partial charge in [-0.1, -0.05) is 60.3 Å². The molecule has 6 rings (SSSR count). The smallest absolute Gasteiger partial charge is 0.277 e. The fourth-order valence-corrected chi connectivity index (χ4v) is 6.74. The minimum absolute atomic E-state index is 0.126. The summed E-state index contributed by atoms with van der Waals surface area (Å²) in [5.74, 6) is 2.40. The zero-order chi connectivity index (χ0) is 25.6. The molecule has 198 valence electrons. The van der Waals surface area contributed by atoms with Gasteiger partial charge < -0.3 is 18.3 Å². The number of thioether (sulfide) groups is 2. The highest BCUT2D eigenvalue weighted by Crippen LogP contribution is 2.41. The lowest BCUT2D eigenvalue weighted by molar-refractivity contribution is -0.178. The second-order valence-electron chi connectivity index (χ2n) is 9.50. The monoisotopic (exact) mass is 550 g/mol. The highest BCUT2D eigenvalue weighted by atomic mass is 32.2. The summed E-state index contributed by atoms with van der Waals surface area (Å²) in [4.78, 5) is 0. The summed E-state index contributed by atoms with van der Waals surface area (Å²) >= 11 is 3.24. The highest BCUT2D eigenvalue weighted by Gasteiger charge is 2.26. The quantitative estimate of drug-likeness (QED) is 0.206. The maximum atomic E-state index is 5.97. The van der Waals surface area contributed by atoms with Crippen molar-refractivity contribution >= 4 is 23.5 Å². The number of benzene rings is 2. The summed E-state index contributed by atoms with van der Waals surface area (Å²) in [5, 5.41) is 18.7. The number of hydrogen-bond donors (Lipinski definition) is 0. The van der Waals surface area contributed by atoms with Crippen molar-refractivity contribution in [2.24, 2.45) is 0 Å². The van der Waals surface area contributed by atoms with Crippen molar-refractivity contribution < 1.29 is 18.3 Å². The van der Waals surface area contributed by atoms with E-state index in [9.17, 15) is 0 Å². The van der Waals surface area contributed by atoms with Crippen molar-refractivity contribution in [1.82, 2.24) is 20.4 Å². The molecule has 0 amide bonds. The van der Waals surface area contributed by atoms with Gasteiger partial charge in [0.15, 0.2) is 6.29 Å². The van der Waals surface area contributed by atoms with Crippen LogP contribution in [-0.4, -0.2) is 50.9 Å². The third kappa shape index (κ3) is 6.48. The van der Waals surface area contributed by atoms with Gasteiger partial charge in [-0.2, -0.15) is 0 Å². The molecule has 3 heterocycles. The van der Waals surface area contributed by atoms with E-state index in [0.717, 1.165) is 62.2 Å². The molecular formula is C28H30N4O4S2. The predicted octanol–water partition coefficient (Wildman–Crippen LogP) is 6.85. The number of hydrogen-bond acceptors (Lipinski definition) is 10. The Bertz CT molecular complexity index is 1310. The summed E-state index contributed by atoms with van der Waals surface area (Å²) in [6.07, 6.45) is 6.18. The first-order valence-corrected chi connectivity index (χ1v) is 15.0. The van der Waals surface area contributed by atoms with E-state index in [4.69, 9.17) is 18.3 Å². The molecule has 8 nitrogen and oxygen atoms in total. The van der Waals surface area contributed by atoms with Gasteiger partial charge in [0.05, 0.1) is 13.2 Å². The number of rotatable bonds is 9. The van der Waals surface area contributed by atoms with Crippen molar-refractivity contribution in [2.75, 3.05) is 19.0 Å². The van der Waals surface area contributed by atoms with Crippen LogP contribution in [0.4, 0.5) is 0 Å². The molecule has 4 aromatic rings. The van der Waals surface area contributed by atoms with Gasteiger partial charge in [0.1, 0.15) is 0 Å². The normalized spacial score (nSPS) is 20.5. The molecule has 0 N–H and O–H groups in total. The van der Waals surface area contributed by atoms with Crippen LogP contribution in [0.15, 0.2) is 73.9 Å². The molecule has 2 fully saturated rings. The summed E-state index contributed by atoms with van der Waals surface area (Å²) in [6, 6.07) is 18.4. The molecule has 2 aromatic carbocycles. The van der Waals surface area contributed by atoms with Crippen LogP contribution in [0, 0.1) is 0 Å². The van der Waals surface area contributed by atoms with Crippen LogP contribution in [-0.2, 0) is 9.47 Å². The summed E-state index contributed by atoms with van der Waals surface area (Å²) in [6.45, 7) is 1.53. The van der Waals surface area contributed by atoms with E-state index < -0.39 is 0 Å². The first-order valence-electron chi connectivity index (χ1n) is 13.2. The van der Waals surface area contributed by atoms with Crippen molar-refractivity contribution in [3.63, 3.8) is 0 Å². The van der Waals surface area contributed by atoms with Crippen LogP contribution < -0.4 is 0 Å². The van der Waals surface area contributed by atoms with Crippen LogP contribution in [0.3, 0.4) is 0 Å². The lowest BCUT2D eigenvalue weighted by Crippen LogP contribution is -2.25. The molecule has 0 radical (unpaired) electrons. The standard InChI is InChI=1S/C28H30N4O4S2/c1-2-7-19(8-3-1)25-29-32-28(36-25)38-23-12-5-10-21(18-23)20-9-4-11-22(17-20)26-30-31-27(35-26)37-16-13-24-33-14-6-15-34-24/h1-4,7-9,11,17,21,23-24H,5-6,10,12-16,18H2. The van der Waals surface area contributed by atoms with Gasteiger partial charge >= 0.3 is 0 Å². The number of nitrogens with zero attached hydrogens (tertiary/aromatic N) is 4. The largest absolute Gasteiger partial charge is 0.411 e. The van der Waals surface area contributed by atoms with Crippen LogP contribution in [0.1, 0.15) is 50.0 Å². The lowest BCUT2D eigenvalue weighted by Gasteiger charge is -2.28. The molecule has 2 aliphatic rings. The second kappa shape index (κ2) is 12.5. The van der Waals surface area contributed by atoms with Crippen molar-refractivity contribution in [3.8, 4) is 22.9 Å². The molecule has 1 saturated carbocycles. The van der Waals surface area contributed by atoms with E-state index in [2.05, 4.69) is 38.6 Å². The number of aromatic nitrogens is 4. The Morgan fingerprint density at radius 1 is 0.763 bits per heavy atom. The Morgan fingerprint density at radius 3 is 2.39 bits per heavy atom. The van der Waals surface area contributed by atoms with Gasteiger partial charge in [0.25, 0.3) is 10.4 Å². The minimum atomic E-state index is -0.126. The molecular weight excluding hydrogens is 520 g/mol. The van der Waals surface area contributed by atoms with E-state index in [1.165, 1.54) is 12.0 Å². The zero-order valence-electron chi connectivity index (χ0n) is 21.0. The minimum Gasteiger partial charge on any atom is -0.411 e. The Labute approximate surface area is 230 Å². The van der Waals surface area contributed by atoms with Gasteiger partial charge in [0.2, 0.25) is 11.8 Å². The molecule has 1 aliphatic heterocycles. The van der Waals surface area contributed by atoms with Crippen LogP contribution >= 0.6 is 23.5 Å². The SMILES string of the molecule is c1ccc(-c2nnc(SC3CCCC(c4cccc(-c5nnc(SCCC6OCCCO6)o5)c4)C3)o2)cc1. The van der Waals surface area contributed by atoms with E-state index >= 15 is 0 Å². The summed E-state index contributed by atoms with van der Waals surface area (Å²) in [5.41, 5.74) is 3.21. The summed E-state index contributed by atoms with van der Waals surface area (Å²) < 4.78 is 23.1. The highest BCUT2D eigenvalue weighted by molar-refractivity contribution is 7.99. The lowest BCUT2D eigenvalue weighted by atomic mass is 9.83. The Hall–Kier alpha value is -2.66. The molecule has 2 aromatic heterocycles. The Morgan fingerprint density at radius 2 is 1.53 bits per heavy atom. The van der Waals surface area contributed by atoms with Gasteiger partial charge in [-0.3, -0.25) is 0 Å². The molecule has 2 unspecified atom stereocenters. The van der Waals surface area contributed by atoms with Crippen LogP contribution in [0.25, 0.3) is 22.9 Å². The van der Waals surface area contributed by atoms with Crippen molar-refractivity contribution in [3.05, 3.63) is 60.2 Å². The maximum Gasteiger partial charge on any atom is 0.277 e. The Balaban J connectivity index is 1.05. The first kappa shape index (κ1) is 25.6. The molecule has 0 spiro atoms. The number of ether oxygens (including phenoxy) is 2. The summed E-state index contributed by atoms with van der Waals surface area (Å²) in [7, 11) is 0. The van der Waals surface area contributed by atoms with Crippen LogP contribution in [0.2, 0.25) is 0 Å². The van der Waals surface area contributed by atoms with Crippen molar-refractivity contribution in [1.29, 1.82) is 0 Å². The van der Waals surface area contributed by atoms with Crippen LogP contribution in [0.5, 0.6) is 0 Å². The van der Waals surface area contributed by atoms with E-state index in [-0.39, 0.29) is 6.29 Å². The van der Waals surface area contributed by atoms with Crippen molar-refractivity contribution in [2.45, 2.75) is 66.4 Å².